The third-order valence-corrected chi connectivity index (χ3v) is 4.89. The number of aromatic carboxylic acids is 1. The number of carboxylic acids is 1. The van der Waals surface area contributed by atoms with E-state index in [-0.39, 0.29) is 17.1 Å². The van der Waals surface area contributed by atoms with Gasteiger partial charge in [-0.3, -0.25) is 14.6 Å². The Bertz CT molecular complexity index is 1120. The zero-order chi connectivity index (χ0) is 21.3. The second-order valence-electron chi connectivity index (χ2n) is 6.69. The van der Waals surface area contributed by atoms with Gasteiger partial charge in [0.2, 0.25) is 0 Å². The van der Waals surface area contributed by atoms with Crippen LogP contribution in [0.15, 0.2) is 95.7 Å². The molecule has 0 aromatic heterocycles. The monoisotopic (exact) mass is 401 g/mol. The number of nitrogens with one attached hydrogen (secondary N) is 1. The maximum atomic E-state index is 12.6. The van der Waals surface area contributed by atoms with Crippen molar-refractivity contribution in [1.82, 2.24) is 10.3 Å². The Morgan fingerprint density at radius 3 is 1.90 bits per heavy atom. The number of anilines is 1. The molecule has 7 heteroatoms. The summed E-state index contributed by atoms with van der Waals surface area (Å²) in [5.74, 6) is -0.265. The van der Waals surface area contributed by atoms with E-state index in [1.54, 1.807) is 53.6 Å². The molecule has 0 amide bonds. The lowest BCUT2D eigenvalue weighted by atomic mass is 10.1. The molecule has 2 aliphatic carbocycles. The molecule has 0 atom stereocenters. The van der Waals surface area contributed by atoms with Gasteiger partial charge in [-0.1, -0.05) is 24.3 Å². The molecule has 150 valence electrons. The van der Waals surface area contributed by atoms with E-state index >= 15 is 0 Å². The van der Waals surface area contributed by atoms with Crippen molar-refractivity contribution in [3.63, 3.8) is 0 Å². The first-order valence-electron chi connectivity index (χ1n) is 9.46. The van der Waals surface area contributed by atoms with Crippen LogP contribution in [0.4, 0.5) is 5.69 Å². The van der Waals surface area contributed by atoms with E-state index in [9.17, 15) is 19.5 Å². The van der Waals surface area contributed by atoms with Gasteiger partial charge in [-0.25, -0.2) is 9.80 Å². The van der Waals surface area contributed by atoms with Crippen LogP contribution in [0.3, 0.4) is 0 Å². The Morgan fingerprint density at radius 1 is 0.867 bits per heavy atom. The molecule has 1 heterocycles. The van der Waals surface area contributed by atoms with Crippen LogP contribution in [0.1, 0.15) is 17.3 Å². The summed E-state index contributed by atoms with van der Waals surface area (Å²) in [4.78, 5) is 36.3. The number of rotatable bonds is 3. The minimum atomic E-state index is -1.02. The van der Waals surface area contributed by atoms with Gasteiger partial charge in [0.15, 0.2) is 11.6 Å². The van der Waals surface area contributed by atoms with Gasteiger partial charge in [-0.15, -0.1) is 0 Å². The fourth-order valence-corrected chi connectivity index (χ4v) is 3.48. The molecule has 0 saturated carbocycles. The summed E-state index contributed by atoms with van der Waals surface area (Å²) in [7, 11) is 0. The second-order valence-corrected chi connectivity index (χ2v) is 6.69. The van der Waals surface area contributed by atoms with Crippen LogP contribution < -0.4 is 10.3 Å². The molecule has 0 spiro atoms. The third-order valence-electron chi connectivity index (χ3n) is 4.89. The Labute approximate surface area is 173 Å². The number of carbonyl (C=O) groups excluding carboxylic acids is 2. The van der Waals surface area contributed by atoms with Crippen molar-refractivity contribution in [2.24, 2.45) is 0 Å². The first-order valence-corrected chi connectivity index (χ1v) is 9.46. The van der Waals surface area contributed by atoms with E-state index in [0.29, 0.717) is 35.0 Å². The fraction of sp³-hybridized carbons (Fsp3) is 0.0870. The summed E-state index contributed by atoms with van der Waals surface area (Å²) >= 11 is 0. The number of hydrogen-bond donors (Lipinski definition) is 2. The Morgan fingerprint density at radius 2 is 1.40 bits per heavy atom. The van der Waals surface area contributed by atoms with Crippen LogP contribution in [0.2, 0.25) is 0 Å². The van der Waals surface area contributed by atoms with Gasteiger partial charge in [-0.05, 0) is 55.5 Å². The van der Waals surface area contributed by atoms with Crippen molar-refractivity contribution in [3.05, 3.63) is 101 Å². The van der Waals surface area contributed by atoms with E-state index < -0.39 is 5.97 Å². The van der Waals surface area contributed by atoms with Crippen LogP contribution >= 0.6 is 0 Å². The molecule has 1 aliphatic heterocycles. The molecular weight excluding hydrogens is 382 g/mol. The van der Waals surface area contributed by atoms with Crippen LogP contribution in [0.5, 0.6) is 0 Å². The third kappa shape index (κ3) is 3.26. The van der Waals surface area contributed by atoms with Crippen molar-refractivity contribution in [2.45, 2.75) is 6.92 Å². The highest BCUT2D eigenvalue weighted by atomic mass is 16.4. The van der Waals surface area contributed by atoms with E-state index in [4.69, 9.17) is 0 Å². The van der Waals surface area contributed by atoms with E-state index in [1.165, 1.54) is 24.3 Å². The molecule has 3 aliphatic rings. The van der Waals surface area contributed by atoms with Crippen molar-refractivity contribution in [3.8, 4) is 0 Å². The SMILES string of the molecule is CCN1/C(=C2/C=CC=CC2=O)N/C(=C2/C=CC=CC2=O)N1c1ccc(C(=O)O)cc1. The average Bonchev–Trinajstić information content (AvgIpc) is 3.13. The summed E-state index contributed by atoms with van der Waals surface area (Å²) < 4.78 is 0. The zero-order valence-corrected chi connectivity index (χ0v) is 16.2. The number of hydrogen-bond acceptors (Lipinski definition) is 6. The largest absolute Gasteiger partial charge is 0.478 e. The fourth-order valence-electron chi connectivity index (χ4n) is 3.48. The maximum absolute atomic E-state index is 12.6. The average molecular weight is 401 g/mol. The normalized spacial score (nSPS) is 22.8. The van der Waals surface area contributed by atoms with E-state index in [2.05, 4.69) is 5.32 Å². The zero-order valence-electron chi connectivity index (χ0n) is 16.2. The standard InChI is InChI=1S/C23H19N3O4/c1-2-25-21(17-7-3-5-9-19(17)27)24-22(18-8-4-6-10-20(18)28)26(25)16-13-11-15(12-14-16)23(29)30/h3-14,24H,2H2,1H3,(H,29,30)/b21-17-,22-18+. The number of carboxylic acid groups (broad SMARTS) is 1. The van der Waals surface area contributed by atoms with Gasteiger partial charge < -0.3 is 10.4 Å². The first kappa shape index (κ1) is 19.2. The highest BCUT2D eigenvalue weighted by Gasteiger charge is 2.35. The Hall–Kier alpha value is -4.13. The van der Waals surface area contributed by atoms with Crippen molar-refractivity contribution in [2.75, 3.05) is 11.6 Å². The topological polar surface area (TPSA) is 90.0 Å². The summed E-state index contributed by atoms with van der Waals surface area (Å²) in [6, 6.07) is 6.36. The Balaban J connectivity index is 1.90. The highest BCUT2D eigenvalue weighted by Crippen LogP contribution is 2.34. The summed E-state index contributed by atoms with van der Waals surface area (Å²) in [5.41, 5.74) is 1.74. The van der Waals surface area contributed by atoms with Gasteiger partial charge in [0.05, 0.1) is 22.4 Å². The number of carbonyl (C=O) groups is 3. The second kappa shape index (κ2) is 7.71. The predicted octanol–water partition coefficient (Wildman–Crippen LogP) is 2.84. The molecular formula is C23H19N3O4. The smallest absolute Gasteiger partial charge is 0.335 e. The molecule has 4 rings (SSSR count). The van der Waals surface area contributed by atoms with E-state index in [1.807, 2.05) is 11.9 Å². The van der Waals surface area contributed by atoms with Crippen molar-refractivity contribution >= 4 is 23.2 Å². The molecule has 1 saturated heterocycles. The number of benzene rings is 1. The minimum Gasteiger partial charge on any atom is -0.478 e. The molecule has 2 N–H and O–H groups in total. The van der Waals surface area contributed by atoms with Crippen molar-refractivity contribution < 1.29 is 19.5 Å². The van der Waals surface area contributed by atoms with Crippen LogP contribution in [0.25, 0.3) is 0 Å². The lowest BCUT2D eigenvalue weighted by Gasteiger charge is -2.30. The highest BCUT2D eigenvalue weighted by molar-refractivity contribution is 6.09. The quantitative estimate of drug-likeness (QED) is 0.753. The van der Waals surface area contributed by atoms with Gasteiger partial charge >= 0.3 is 5.97 Å². The molecule has 1 aromatic carbocycles. The lowest BCUT2D eigenvalue weighted by molar-refractivity contribution is -0.112. The summed E-state index contributed by atoms with van der Waals surface area (Å²) in [6.45, 7) is 2.43. The number of allylic oxidation sites excluding steroid dienone is 10. The van der Waals surface area contributed by atoms with E-state index in [0.717, 1.165) is 0 Å². The van der Waals surface area contributed by atoms with Crippen molar-refractivity contribution in [1.29, 1.82) is 0 Å². The number of hydrazine groups is 1. The van der Waals surface area contributed by atoms with Gasteiger partial charge in [0, 0.05) is 6.54 Å². The van der Waals surface area contributed by atoms with Gasteiger partial charge in [0.25, 0.3) is 0 Å². The summed E-state index contributed by atoms with van der Waals surface area (Å²) in [6.07, 6.45) is 13.3. The van der Waals surface area contributed by atoms with Crippen LogP contribution in [-0.2, 0) is 9.59 Å². The Kier molecular flexibility index (Phi) is 4.93. The molecule has 1 aromatic rings. The number of ketones is 2. The molecule has 0 bridgehead atoms. The van der Waals surface area contributed by atoms with Gasteiger partial charge in [-0.2, -0.15) is 0 Å². The molecule has 0 unspecified atom stereocenters. The molecule has 0 radical (unpaired) electrons. The molecule has 1 fully saturated rings. The number of nitrogens with zero attached hydrogens (tertiary/aromatic N) is 2. The predicted molar refractivity (Wildman–Crippen MR) is 112 cm³/mol. The first-order chi connectivity index (χ1) is 14.5. The lowest BCUT2D eigenvalue weighted by Crippen LogP contribution is -2.36. The molecule has 30 heavy (non-hydrogen) atoms. The van der Waals surface area contributed by atoms with Gasteiger partial charge in [0.1, 0.15) is 11.6 Å². The minimum absolute atomic E-state index is 0.142. The molecule has 7 nitrogen and oxygen atoms in total. The van der Waals surface area contributed by atoms with Crippen LogP contribution in [0, 0.1) is 0 Å². The summed E-state index contributed by atoms with van der Waals surface area (Å²) in [5, 5.41) is 16.1. The maximum Gasteiger partial charge on any atom is 0.335 e. The van der Waals surface area contributed by atoms with Crippen LogP contribution in [-0.4, -0.2) is 34.2 Å².